The van der Waals surface area contributed by atoms with Crippen molar-refractivity contribution in [3.8, 4) is 0 Å². The molecule has 13 heavy (non-hydrogen) atoms. The zero-order valence-electron chi connectivity index (χ0n) is 8.76. The van der Waals surface area contributed by atoms with Crippen molar-refractivity contribution in [2.45, 2.75) is 51.0 Å². The molecule has 0 bridgehead atoms. The molecule has 2 rings (SSSR count). The second-order valence-electron chi connectivity index (χ2n) is 4.10. The molecule has 0 aromatic heterocycles. The lowest BCUT2D eigenvalue weighted by Crippen LogP contribution is -2.40. The molecule has 0 radical (unpaired) electrons. The Kier molecular flexibility index (Phi) is 5.40. The minimum absolute atomic E-state index is 0.895. The van der Waals surface area contributed by atoms with Crippen LogP contribution in [0.25, 0.3) is 0 Å². The van der Waals surface area contributed by atoms with Crippen molar-refractivity contribution in [2.75, 3.05) is 13.7 Å². The SMILES string of the molecule is C1CCC2CCCNC2CC1.CO. The van der Waals surface area contributed by atoms with Crippen molar-refractivity contribution in [1.29, 1.82) is 0 Å². The van der Waals surface area contributed by atoms with E-state index in [1.165, 1.54) is 51.5 Å². The van der Waals surface area contributed by atoms with Gasteiger partial charge in [0.2, 0.25) is 0 Å². The smallest absolute Gasteiger partial charge is 0.0319 e. The van der Waals surface area contributed by atoms with Gasteiger partial charge in [0, 0.05) is 13.2 Å². The molecule has 78 valence electrons. The molecule has 2 nitrogen and oxygen atoms in total. The van der Waals surface area contributed by atoms with Crippen LogP contribution in [0.2, 0.25) is 0 Å². The van der Waals surface area contributed by atoms with E-state index < -0.39 is 0 Å². The number of aliphatic hydroxyl groups is 1. The third-order valence-corrected chi connectivity index (χ3v) is 3.32. The summed E-state index contributed by atoms with van der Waals surface area (Å²) in [6.45, 7) is 1.28. The molecule has 0 spiro atoms. The third-order valence-electron chi connectivity index (χ3n) is 3.32. The molecule has 1 saturated heterocycles. The molecule has 0 amide bonds. The summed E-state index contributed by atoms with van der Waals surface area (Å²) >= 11 is 0. The maximum absolute atomic E-state index is 7.00. The van der Waals surface area contributed by atoms with Crippen LogP contribution in [0, 0.1) is 5.92 Å². The average molecular weight is 185 g/mol. The topological polar surface area (TPSA) is 32.3 Å². The van der Waals surface area contributed by atoms with Gasteiger partial charge < -0.3 is 10.4 Å². The zero-order chi connectivity index (χ0) is 9.52. The Morgan fingerprint density at radius 3 is 2.46 bits per heavy atom. The Balaban J connectivity index is 0.000000396. The van der Waals surface area contributed by atoms with Crippen molar-refractivity contribution in [3.05, 3.63) is 0 Å². The van der Waals surface area contributed by atoms with Crippen LogP contribution in [0.5, 0.6) is 0 Å². The summed E-state index contributed by atoms with van der Waals surface area (Å²) in [5, 5.41) is 10.7. The monoisotopic (exact) mass is 185 g/mol. The lowest BCUT2D eigenvalue weighted by molar-refractivity contribution is 0.267. The average Bonchev–Trinajstić information content (AvgIpc) is 2.45. The van der Waals surface area contributed by atoms with E-state index in [0.717, 1.165) is 19.1 Å². The first kappa shape index (κ1) is 11.0. The fourth-order valence-electron chi connectivity index (χ4n) is 2.65. The third kappa shape index (κ3) is 3.28. The molecule has 2 heteroatoms. The van der Waals surface area contributed by atoms with Gasteiger partial charge in [0.15, 0.2) is 0 Å². The second kappa shape index (κ2) is 6.39. The molecule has 2 atom stereocenters. The molecule has 1 saturated carbocycles. The first-order valence-corrected chi connectivity index (χ1v) is 5.65. The highest BCUT2D eigenvalue weighted by atomic mass is 16.2. The molecule has 2 unspecified atom stereocenters. The van der Waals surface area contributed by atoms with Crippen LogP contribution < -0.4 is 5.32 Å². The predicted octanol–water partition coefficient (Wildman–Crippen LogP) is 1.93. The lowest BCUT2D eigenvalue weighted by Gasteiger charge is -2.30. The Hall–Kier alpha value is -0.0800. The fraction of sp³-hybridized carbons (Fsp3) is 1.00. The minimum Gasteiger partial charge on any atom is -0.400 e. The first-order chi connectivity index (χ1) is 6.47. The highest BCUT2D eigenvalue weighted by molar-refractivity contribution is 4.82. The summed E-state index contributed by atoms with van der Waals surface area (Å²) in [5.41, 5.74) is 0. The number of rotatable bonds is 0. The van der Waals surface area contributed by atoms with Crippen molar-refractivity contribution in [2.24, 2.45) is 5.92 Å². The highest BCUT2D eigenvalue weighted by Crippen LogP contribution is 2.29. The summed E-state index contributed by atoms with van der Waals surface area (Å²) in [6, 6.07) is 0.895. The minimum atomic E-state index is 0.895. The molecule has 1 aliphatic heterocycles. The molecule has 1 heterocycles. The lowest BCUT2D eigenvalue weighted by atomic mass is 9.87. The normalized spacial score (nSPS) is 33.7. The molecule has 0 aromatic rings. The Labute approximate surface area is 81.7 Å². The van der Waals surface area contributed by atoms with Crippen LogP contribution in [0.15, 0.2) is 0 Å². The maximum Gasteiger partial charge on any atom is 0.0319 e. The van der Waals surface area contributed by atoms with Gasteiger partial charge in [-0.25, -0.2) is 0 Å². The first-order valence-electron chi connectivity index (χ1n) is 5.65. The maximum atomic E-state index is 7.00. The van der Waals surface area contributed by atoms with Gasteiger partial charge in [-0.05, 0) is 38.1 Å². The quantitative estimate of drug-likeness (QED) is 0.604. The van der Waals surface area contributed by atoms with Gasteiger partial charge in [-0.1, -0.05) is 19.3 Å². The van der Waals surface area contributed by atoms with Gasteiger partial charge >= 0.3 is 0 Å². The van der Waals surface area contributed by atoms with E-state index in [1.807, 2.05) is 0 Å². The van der Waals surface area contributed by atoms with Crippen LogP contribution in [-0.2, 0) is 0 Å². The van der Waals surface area contributed by atoms with Crippen LogP contribution >= 0.6 is 0 Å². The second-order valence-corrected chi connectivity index (χ2v) is 4.10. The Bertz CT molecular complexity index is 113. The van der Waals surface area contributed by atoms with Crippen molar-refractivity contribution in [3.63, 3.8) is 0 Å². The van der Waals surface area contributed by atoms with Crippen molar-refractivity contribution < 1.29 is 5.11 Å². The molecule has 2 N–H and O–H groups in total. The number of hydrogen-bond acceptors (Lipinski definition) is 2. The van der Waals surface area contributed by atoms with Gasteiger partial charge in [-0.3, -0.25) is 0 Å². The zero-order valence-corrected chi connectivity index (χ0v) is 8.76. The van der Waals surface area contributed by atoms with Crippen molar-refractivity contribution >= 4 is 0 Å². The molecular formula is C11H23NO. The van der Waals surface area contributed by atoms with Crippen LogP contribution in [0.1, 0.15) is 44.9 Å². The number of aliphatic hydroxyl groups excluding tert-OH is 1. The van der Waals surface area contributed by atoms with E-state index >= 15 is 0 Å². The van der Waals surface area contributed by atoms with E-state index in [1.54, 1.807) is 0 Å². The summed E-state index contributed by atoms with van der Waals surface area (Å²) in [6.07, 6.45) is 10.3. The van der Waals surface area contributed by atoms with Gasteiger partial charge in [-0.15, -0.1) is 0 Å². The molecule has 0 aromatic carbocycles. The number of nitrogens with one attached hydrogen (secondary N) is 1. The van der Waals surface area contributed by atoms with Gasteiger partial charge in [-0.2, -0.15) is 0 Å². The van der Waals surface area contributed by atoms with E-state index in [0.29, 0.717) is 0 Å². The standard InChI is InChI=1S/C10H19N.CH4O/c1-2-5-9-6-4-8-11-10(9)7-3-1;1-2/h9-11H,1-8H2;2H,1H3. The largest absolute Gasteiger partial charge is 0.400 e. The molecule has 2 fully saturated rings. The predicted molar refractivity (Wildman–Crippen MR) is 55.7 cm³/mol. The summed E-state index contributed by atoms with van der Waals surface area (Å²) < 4.78 is 0. The highest BCUT2D eigenvalue weighted by Gasteiger charge is 2.25. The van der Waals surface area contributed by atoms with Crippen molar-refractivity contribution in [1.82, 2.24) is 5.32 Å². The van der Waals surface area contributed by atoms with E-state index in [4.69, 9.17) is 5.11 Å². The summed E-state index contributed by atoms with van der Waals surface area (Å²) in [7, 11) is 1.00. The van der Waals surface area contributed by atoms with Gasteiger partial charge in [0.25, 0.3) is 0 Å². The van der Waals surface area contributed by atoms with Gasteiger partial charge in [0.05, 0.1) is 0 Å². The van der Waals surface area contributed by atoms with E-state index in [2.05, 4.69) is 5.32 Å². The van der Waals surface area contributed by atoms with E-state index in [9.17, 15) is 0 Å². The Morgan fingerprint density at radius 1 is 0.923 bits per heavy atom. The Morgan fingerprint density at radius 2 is 1.62 bits per heavy atom. The molecule has 1 aliphatic carbocycles. The fourth-order valence-corrected chi connectivity index (χ4v) is 2.65. The van der Waals surface area contributed by atoms with Crippen LogP contribution in [0.3, 0.4) is 0 Å². The van der Waals surface area contributed by atoms with E-state index in [-0.39, 0.29) is 0 Å². The number of piperidine rings is 1. The molecular weight excluding hydrogens is 162 g/mol. The van der Waals surface area contributed by atoms with Crippen LogP contribution in [-0.4, -0.2) is 24.8 Å². The van der Waals surface area contributed by atoms with Gasteiger partial charge in [0.1, 0.15) is 0 Å². The number of fused-ring (bicyclic) bond motifs is 1. The summed E-state index contributed by atoms with van der Waals surface area (Å²) in [5.74, 6) is 1.03. The number of hydrogen-bond donors (Lipinski definition) is 2. The van der Waals surface area contributed by atoms with Crippen LogP contribution in [0.4, 0.5) is 0 Å². The summed E-state index contributed by atoms with van der Waals surface area (Å²) in [4.78, 5) is 0. The molecule has 2 aliphatic rings.